The van der Waals surface area contributed by atoms with Crippen LogP contribution in [-0.2, 0) is 9.57 Å². The molecular weight excluding hydrogens is 226 g/mol. The highest BCUT2D eigenvalue weighted by atomic mass is 32.1. The van der Waals surface area contributed by atoms with Crippen molar-refractivity contribution in [2.24, 2.45) is 5.16 Å². The summed E-state index contributed by atoms with van der Waals surface area (Å²) in [6, 6.07) is 3.88. The third-order valence-corrected chi connectivity index (χ3v) is 2.49. The summed E-state index contributed by atoms with van der Waals surface area (Å²) < 4.78 is 5.23. The number of hydrogen-bond acceptors (Lipinski definition) is 5. The van der Waals surface area contributed by atoms with Crippen molar-refractivity contribution in [1.82, 2.24) is 0 Å². The van der Waals surface area contributed by atoms with Crippen molar-refractivity contribution in [3.05, 3.63) is 22.4 Å². The lowest BCUT2D eigenvalue weighted by molar-refractivity contribution is -0.0343. The van der Waals surface area contributed by atoms with Gasteiger partial charge in [-0.1, -0.05) is 11.2 Å². The Morgan fingerprint density at radius 3 is 2.94 bits per heavy atom. The van der Waals surface area contributed by atoms with Crippen molar-refractivity contribution in [1.29, 1.82) is 0 Å². The van der Waals surface area contributed by atoms with Gasteiger partial charge in [-0.3, -0.25) is 0 Å². The smallest absolute Gasteiger partial charge is 0.145 e. The van der Waals surface area contributed by atoms with Gasteiger partial charge in [0.1, 0.15) is 12.7 Å². The molecule has 5 heteroatoms. The highest BCUT2D eigenvalue weighted by Gasteiger charge is 2.05. The number of aliphatic hydroxyl groups excluding tert-OH is 1. The molecule has 1 aromatic rings. The Morgan fingerprint density at radius 1 is 1.50 bits per heavy atom. The molecule has 0 aliphatic rings. The lowest BCUT2D eigenvalue weighted by Gasteiger charge is -2.11. The second-order valence-electron chi connectivity index (χ2n) is 3.58. The number of oxime groups is 1. The molecular formula is C11H17NO3S. The largest absolute Gasteiger partial charge is 0.393 e. The summed E-state index contributed by atoms with van der Waals surface area (Å²) in [4.78, 5) is 5.97. The van der Waals surface area contributed by atoms with Gasteiger partial charge >= 0.3 is 0 Å². The fourth-order valence-electron chi connectivity index (χ4n) is 0.935. The van der Waals surface area contributed by atoms with Crippen molar-refractivity contribution in [2.45, 2.75) is 26.1 Å². The standard InChI is InChI=1S/C11H17NO3S/c1-9(2)14-7-10(13)8-15-12-6-11-4-3-5-16-11/h3-6,9-10,13H,7-8H2,1-2H3/b12-6+. The predicted octanol–water partition coefficient (Wildman–Crippen LogP) is 1.88. The highest BCUT2D eigenvalue weighted by molar-refractivity contribution is 7.11. The number of aliphatic hydroxyl groups is 1. The topological polar surface area (TPSA) is 51.0 Å². The van der Waals surface area contributed by atoms with E-state index in [1.54, 1.807) is 17.6 Å². The van der Waals surface area contributed by atoms with Gasteiger partial charge in [0.2, 0.25) is 0 Å². The molecule has 0 amide bonds. The first-order valence-electron chi connectivity index (χ1n) is 5.17. The maximum absolute atomic E-state index is 9.43. The van der Waals surface area contributed by atoms with Crippen LogP contribution < -0.4 is 0 Å². The van der Waals surface area contributed by atoms with E-state index in [1.807, 2.05) is 31.4 Å². The molecule has 1 unspecified atom stereocenters. The van der Waals surface area contributed by atoms with E-state index in [0.29, 0.717) is 0 Å². The third-order valence-electron chi connectivity index (χ3n) is 1.69. The molecule has 0 spiro atoms. The molecule has 0 aliphatic carbocycles. The average Bonchev–Trinajstić information content (AvgIpc) is 2.74. The summed E-state index contributed by atoms with van der Waals surface area (Å²) in [7, 11) is 0. The minimum atomic E-state index is -0.636. The Morgan fingerprint density at radius 2 is 2.31 bits per heavy atom. The number of hydrogen-bond donors (Lipinski definition) is 1. The number of ether oxygens (including phenoxy) is 1. The van der Waals surface area contributed by atoms with Crippen LogP contribution in [0.1, 0.15) is 18.7 Å². The van der Waals surface area contributed by atoms with Gasteiger partial charge in [0.05, 0.1) is 18.9 Å². The van der Waals surface area contributed by atoms with Gasteiger partial charge in [0, 0.05) is 4.88 Å². The van der Waals surface area contributed by atoms with Gasteiger partial charge in [-0.25, -0.2) is 0 Å². The van der Waals surface area contributed by atoms with Crippen LogP contribution in [0.25, 0.3) is 0 Å². The van der Waals surface area contributed by atoms with E-state index in [2.05, 4.69) is 5.16 Å². The summed E-state index contributed by atoms with van der Waals surface area (Å²) in [5.74, 6) is 0. The van der Waals surface area contributed by atoms with Gasteiger partial charge < -0.3 is 14.7 Å². The summed E-state index contributed by atoms with van der Waals surface area (Å²) in [6.07, 6.45) is 1.10. The fourth-order valence-corrected chi connectivity index (χ4v) is 1.51. The molecule has 1 atom stereocenters. The monoisotopic (exact) mass is 243 g/mol. The van der Waals surface area contributed by atoms with Crippen LogP contribution in [0.2, 0.25) is 0 Å². The molecule has 0 aliphatic heterocycles. The van der Waals surface area contributed by atoms with E-state index in [0.717, 1.165) is 4.88 Å². The first-order chi connectivity index (χ1) is 7.68. The first-order valence-corrected chi connectivity index (χ1v) is 6.05. The van der Waals surface area contributed by atoms with Crippen LogP contribution >= 0.6 is 11.3 Å². The van der Waals surface area contributed by atoms with Crippen LogP contribution in [0.4, 0.5) is 0 Å². The van der Waals surface area contributed by atoms with E-state index in [9.17, 15) is 5.11 Å². The summed E-state index contributed by atoms with van der Waals surface area (Å²) >= 11 is 1.58. The molecule has 4 nitrogen and oxygen atoms in total. The molecule has 1 rings (SSSR count). The number of rotatable bonds is 7. The predicted molar refractivity (Wildman–Crippen MR) is 65.0 cm³/mol. The van der Waals surface area contributed by atoms with Crippen LogP contribution in [-0.4, -0.2) is 36.7 Å². The minimum absolute atomic E-state index is 0.115. The quantitative estimate of drug-likeness (QED) is 0.587. The summed E-state index contributed by atoms with van der Waals surface area (Å²) in [5.41, 5.74) is 0. The maximum atomic E-state index is 9.43. The molecule has 0 saturated heterocycles. The minimum Gasteiger partial charge on any atom is -0.393 e. The van der Waals surface area contributed by atoms with Crippen molar-refractivity contribution in [3.8, 4) is 0 Å². The van der Waals surface area contributed by atoms with Gasteiger partial charge in [0.25, 0.3) is 0 Å². The molecule has 1 N–H and O–H groups in total. The second kappa shape index (κ2) is 7.38. The van der Waals surface area contributed by atoms with E-state index < -0.39 is 6.10 Å². The van der Waals surface area contributed by atoms with Crippen molar-refractivity contribution < 1.29 is 14.7 Å². The molecule has 0 bridgehead atoms. The molecule has 1 heterocycles. The zero-order valence-electron chi connectivity index (χ0n) is 9.50. The summed E-state index contributed by atoms with van der Waals surface area (Å²) in [6.45, 7) is 4.26. The van der Waals surface area contributed by atoms with Gasteiger partial charge in [-0.05, 0) is 25.3 Å². The Bertz CT molecular complexity index is 298. The van der Waals surface area contributed by atoms with Crippen molar-refractivity contribution in [2.75, 3.05) is 13.2 Å². The van der Waals surface area contributed by atoms with Crippen LogP contribution in [0.5, 0.6) is 0 Å². The molecule has 0 aromatic carbocycles. The maximum Gasteiger partial charge on any atom is 0.145 e. The zero-order valence-corrected chi connectivity index (χ0v) is 10.3. The fraction of sp³-hybridized carbons (Fsp3) is 0.545. The Hall–Kier alpha value is -0.910. The van der Waals surface area contributed by atoms with Crippen LogP contribution in [0.3, 0.4) is 0 Å². The van der Waals surface area contributed by atoms with Crippen molar-refractivity contribution in [3.63, 3.8) is 0 Å². The van der Waals surface area contributed by atoms with E-state index >= 15 is 0 Å². The van der Waals surface area contributed by atoms with E-state index in [-0.39, 0.29) is 19.3 Å². The van der Waals surface area contributed by atoms with Gasteiger partial charge in [0.15, 0.2) is 0 Å². The molecule has 16 heavy (non-hydrogen) atoms. The van der Waals surface area contributed by atoms with Crippen LogP contribution in [0, 0.1) is 0 Å². The first kappa shape index (κ1) is 13.2. The lowest BCUT2D eigenvalue weighted by Crippen LogP contribution is -2.22. The number of thiophene rings is 1. The Labute approximate surface area is 99.5 Å². The molecule has 1 aromatic heterocycles. The zero-order chi connectivity index (χ0) is 11.8. The molecule has 0 fully saturated rings. The number of nitrogens with zero attached hydrogens (tertiary/aromatic N) is 1. The summed E-state index contributed by atoms with van der Waals surface area (Å²) in [5, 5.41) is 15.1. The molecule has 0 saturated carbocycles. The Balaban J connectivity index is 2.10. The second-order valence-corrected chi connectivity index (χ2v) is 4.56. The lowest BCUT2D eigenvalue weighted by atomic mass is 10.4. The van der Waals surface area contributed by atoms with Crippen molar-refractivity contribution >= 4 is 17.6 Å². The highest BCUT2D eigenvalue weighted by Crippen LogP contribution is 2.04. The molecule has 0 radical (unpaired) electrons. The SMILES string of the molecule is CC(C)OCC(O)CO/N=C/c1cccs1. The van der Waals surface area contributed by atoms with Crippen LogP contribution in [0.15, 0.2) is 22.7 Å². The molecule has 90 valence electrons. The normalized spacial score (nSPS) is 13.5. The van der Waals surface area contributed by atoms with E-state index in [4.69, 9.17) is 9.57 Å². The third kappa shape index (κ3) is 5.85. The van der Waals surface area contributed by atoms with Gasteiger partial charge in [-0.2, -0.15) is 0 Å². The average molecular weight is 243 g/mol. The Kier molecular flexibility index (Phi) is 6.07. The van der Waals surface area contributed by atoms with Gasteiger partial charge in [-0.15, -0.1) is 11.3 Å². The van der Waals surface area contributed by atoms with E-state index in [1.165, 1.54) is 0 Å².